The molecule has 0 fully saturated rings. The zero-order valence-electron chi connectivity index (χ0n) is 10.8. The van der Waals surface area contributed by atoms with Crippen molar-refractivity contribution in [1.82, 2.24) is 5.32 Å². The number of benzene rings is 1. The van der Waals surface area contributed by atoms with Gasteiger partial charge in [-0.25, -0.2) is 0 Å². The molecule has 1 amide bonds. The van der Waals surface area contributed by atoms with Crippen LogP contribution in [0.1, 0.15) is 10.4 Å². The summed E-state index contributed by atoms with van der Waals surface area (Å²) in [5.74, 6) is -1.28. The summed E-state index contributed by atoms with van der Waals surface area (Å²) >= 11 is 0.480. The van der Waals surface area contributed by atoms with Gasteiger partial charge in [0.05, 0.1) is 0 Å². The van der Waals surface area contributed by atoms with Gasteiger partial charge in [0.2, 0.25) is 0 Å². The zero-order chi connectivity index (χ0) is 14.3. The predicted molar refractivity (Wildman–Crippen MR) is 64.7 cm³/mol. The molecular formula is C12H15HgNO6. The number of carboxylic acid groups (broad SMARTS) is 1. The molecule has 106 valence electrons. The minimum atomic E-state index is -1.11. The van der Waals surface area contributed by atoms with Crippen LogP contribution in [0.5, 0.6) is 5.75 Å². The van der Waals surface area contributed by atoms with Gasteiger partial charge in [-0.05, 0) is 0 Å². The Hall–Kier alpha value is -1.18. The molecule has 0 aliphatic rings. The molecule has 0 aliphatic heterocycles. The van der Waals surface area contributed by atoms with Crippen molar-refractivity contribution in [3.05, 3.63) is 29.8 Å². The van der Waals surface area contributed by atoms with Crippen LogP contribution in [0.25, 0.3) is 0 Å². The minimum Gasteiger partial charge on any atom is -0.870 e. The summed E-state index contributed by atoms with van der Waals surface area (Å²) in [6.45, 7) is -0.314. The Bertz CT molecular complexity index is 453. The van der Waals surface area contributed by atoms with Crippen molar-refractivity contribution in [2.45, 2.75) is 10.0 Å². The molecule has 1 atom stereocenters. The van der Waals surface area contributed by atoms with Crippen molar-refractivity contribution in [1.29, 1.82) is 0 Å². The van der Waals surface area contributed by atoms with Crippen LogP contribution in [-0.2, 0) is 30.9 Å². The van der Waals surface area contributed by atoms with Gasteiger partial charge < -0.3 is 5.48 Å². The van der Waals surface area contributed by atoms with E-state index in [1.54, 1.807) is 18.2 Å². The second-order valence-corrected chi connectivity index (χ2v) is 6.08. The summed E-state index contributed by atoms with van der Waals surface area (Å²) in [6.07, 6.45) is -0.514. The second kappa shape index (κ2) is 9.68. The quantitative estimate of drug-likeness (QED) is 0.484. The molecule has 0 aromatic heterocycles. The first-order valence-electron chi connectivity index (χ1n) is 5.73. The van der Waals surface area contributed by atoms with E-state index in [0.717, 1.165) is 3.93 Å². The van der Waals surface area contributed by atoms with Gasteiger partial charge in [-0.1, -0.05) is 0 Å². The summed E-state index contributed by atoms with van der Waals surface area (Å²) in [7, 11) is 0. The van der Waals surface area contributed by atoms with Gasteiger partial charge in [0, 0.05) is 0 Å². The molecule has 0 saturated carbocycles. The third kappa shape index (κ3) is 6.31. The number of carboxylic acids is 1. The molecule has 0 heterocycles. The normalized spacial score (nSPS) is 11.2. The molecule has 0 saturated heterocycles. The van der Waals surface area contributed by atoms with E-state index in [9.17, 15) is 14.7 Å². The molecule has 7 nitrogen and oxygen atoms in total. The second-order valence-electron chi connectivity index (χ2n) is 3.83. The average molecular weight is 470 g/mol. The summed E-state index contributed by atoms with van der Waals surface area (Å²) in [5, 5.41) is 20.6. The van der Waals surface area contributed by atoms with Gasteiger partial charge in [-0.2, -0.15) is 0 Å². The first kappa shape index (κ1) is 18.8. The maximum absolute atomic E-state index is 11.9. The summed E-state index contributed by atoms with van der Waals surface area (Å²) in [6, 6.07) is 6.39. The van der Waals surface area contributed by atoms with Gasteiger partial charge in [0.15, 0.2) is 0 Å². The molecule has 20 heavy (non-hydrogen) atoms. The first-order chi connectivity index (χ1) is 9.04. The van der Waals surface area contributed by atoms with E-state index >= 15 is 0 Å². The fraction of sp³-hybridized carbons (Fsp3) is 0.333. The monoisotopic (exact) mass is 471 g/mol. The van der Waals surface area contributed by atoms with E-state index in [4.69, 9.17) is 9.84 Å². The van der Waals surface area contributed by atoms with Gasteiger partial charge in [0.25, 0.3) is 0 Å². The molecule has 0 radical (unpaired) electrons. The van der Waals surface area contributed by atoms with Crippen LogP contribution >= 0.6 is 0 Å². The number of aliphatic hydroxyl groups excluding tert-OH is 1. The number of hydrogen-bond donors (Lipinski definition) is 3. The molecule has 0 spiro atoms. The van der Waals surface area contributed by atoms with Crippen LogP contribution in [0.3, 0.4) is 0 Å². The Morgan fingerprint density at radius 2 is 2.00 bits per heavy atom. The van der Waals surface area contributed by atoms with Crippen LogP contribution < -0.4 is 10.1 Å². The summed E-state index contributed by atoms with van der Waals surface area (Å²) < 4.78 is 5.77. The fourth-order valence-electron chi connectivity index (χ4n) is 1.33. The number of amides is 1. The number of carbonyl (C=O) groups excluding carboxylic acids is 1. The number of para-hydroxylation sites is 1. The Labute approximate surface area is 132 Å². The molecule has 0 bridgehead atoms. The topological polar surface area (TPSA) is 126 Å². The summed E-state index contributed by atoms with van der Waals surface area (Å²) in [5.41, 5.74) is 0.259. The third-order valence-electron chi connectivity index (χ3n) is 2.31. The van der Waals surface area contributed by atoms with Crippen molar-refractivity contribution < 1.29 is 56.1 Å². The minimum absolute atomic E-state index is 0. The van der Waals surface area contributed by atoms with E-state index in [-0.39, 0.29) is 29.2 Å². The van der Waals surface area contributed by atoms with Crippen molar-refractivity contribution in [3.63, 3.8) is 0 Å². The maximum Gasteiger partial charge on any atom is -0.870 e. The number of aliphatic carboxylic acids is 1. The van der Waals surface area contributed by atoms with Crippen LogP contribution in [0.4, 0.5) is 0 Å². The van der Waals surface area contributed by atoms with E-state index in [1.807, 2.05) is 0 Å². The van der Waals surface area contributed by atoms with Crippen molar-refractivity contribution in [2.75, 3.05) is 13.2 Å². The van der Waals surface area contributed by atoms with Crippen LogP contribution in [0.2, 0.25) is 3.93 Å². The van der Waals surface area contributed by atoms with Gasteiger partial charge in [0.1, 0.15) is 0 Å². The molecule has 4 N–H and O–H groups in total. The molecular weight excluding hydrogens is 455 g/mol. The average Bonchev–Trinajstić information content (AvgIpc) is 2.42. The molecule has 1 unspecified atom stereocenters. The number of nitrogens with one attached hydrogen (secondary N) is 1. The largest absolute Gasteiger partial charge is 0.870 e. The molecule has 1 rings (SSSR count). The van der Waals surface area contributed by atoms with Gasteiger partial charge >= 0.3 is 127 Å². The predicted octanol–water partition coefficient (Wildman–Crippen LogP) is 0.0290. The first-order valence-corrected chi connectivity index (χ1v) is 9.62. The SMILES string of the molecule is O=C(O)COc1ccccc1C(=O)NCC(O)[CH2][Hg+].[OH-]. The van der Waals surface area contributed by atoms with Crippen LogP contribution in [0, 0.1) is 0 Å². The fourth-order valence-corrected chi connectivity index (χ4v) is 2.12. The Balaban J connectivity index is 0.00000361. The van der Waals surface area contributed by atoms with Crippen LogP contribution in [0.15, 0.2) is 24.3 Å². The Morgan fingerprint density at radius 1 is 1.35 bits per heavy atom. The van der Waals surface area contributed by atoms with Crippen molar-refractivity contribution in [3.8, 4) is 5.75 Å². The van der Waals surface area contributed by atoms with Gasteiger partial charge in [-0.15, -0.1) is 0 Å². The number of ether oxygens (including phenoxy) is 1. The zero-order valence-corrected chi connectivity index (χ0v) is 16.3. The molecule has 0 aliphatic carbocycles. The van der Waals surface area contributed by atoms with Gasteiger partial charge in [-0.3, -0.25) is 0 Å². The Kier molecular flexibility index (Phi) is 9.10. The van der Waals surface area contributed by atoms with E-state index in [0.29, 0.717) is 26.1 Å². The van der Waals surface area contributed by atoms with Crippen molar-refractivity contribution in [2.24, 2.45) is 0 Å². The number of carbonyl (C=O) groups is 2. The standard InChI is InChI=1S/C12H14NO5.Hg.H2O/c1-8(14)6-13-12(17)9-4-2-3-5-10(9)18-7-11(15)16;;/h2-5,8,14H,1,6-7H2,(H,13,17)(H,15,16);;1H2/q;+1;/p-1. The maximum atomic E-state index is 11.9. The third-order valence-corrected chi connectivity index (χ3v) is 4.91. The molecule has 8 heteroatoms. The summed E-state index contributed by atoms with van der Waals surface area (Å²) in [4.78, 5) is 22.4. The van der Waals surface area contributed by atoms with Crippen molar-refractivity contribution >= 4 is 11.9 Å². The van der Waals surface area contributed by atoms with E-state index < -0.39 is 18.7 Å². The molecule has 1 aromatic carbocycles. The number of aliphatic hydroxyl groups is 1. The molecule has 1 aromatic rings. The number of rotatable bonds is 7. The Morgan fingerprint density at radius 3 is 2.60 bits per heavy atom. The van der Waals surface area contributed by atoms with Crippen LogP contribution in [-0.4, -0.2) is 46.8 Å². The van der Waals surface area contributed by atoms with E-state index in [1.165, 1.54) is 6.07 Å². The smallest absolute Gasteiger partial charge is 0.870 e. The number of hydrogen-bond acceptors (Lipinski definition) is 5. The van der Waals surface area contributed by atoms with E-state index in [2.05, 4.69) is 5.32 Å².